The Hall–Kier alpha value is -1.71. The summed E-state index contributed by atoms with van der Waals surface area (Å²) in [7, 11) is 5.58. The molecular formula is C20H23BrClN2O4S-. The van der Waals surface area contributed by atoms with E-state index in [2.05, 4.69) is 15.9 Å². The summed E-state index contributed by atoms with van der Waals surface area (Å²) in [5.74, 6) is -0.665. The van der Waals surface area contributed by atoms with E-state index >= 15 is 0 Å². The monoisotopic (exact) mass is 501 g/mol. The number of halogens is 2. The van der Waals surface area contributed by atoms with Crippen LogP contribution < -0.4 is 5.11 Å². The van der Waals surface area contributed by atoms with E-state index in [9.17, 15) is 15.0 Å². The van der Waals surface area contributed by atoms with Crippen molar-refractivity contribution in [2.75, 3.05) is 14.1 Å². The molecule has 6 nitrogen and oxygen atoms in total. The molecular weight excluding hydrogens is 480 g/mol. The van der Waals surface area contributed by atoms with Gasteiger partial charge in [-0.2, -0.15) is 0 Å². The van der Waals surface area contributed by atoms with Crippen LogP contribution in [0.15, 0.2) is 45.8 Å². The van der Waals surface area contributed by atoms with Gasteiger partial charge in [-0.05, 0) is 37.9 Å². The van der Waals surface area contributed by atoms with Crippen LogP contribution in [0.1, 0.15) is 21.6 Å². The maximum Gasteiger partial charge on any atom is 0.338 e. The molecule has 3 aromatic rings. The maximum atomic E-state index is 12.7. The first-order valence-electron chi connectivity index (χ1n) is 8.36. The number of benzene rings is 2. The highest BCUT2D eigenvalue weighted by atomic mass is 79.9. The number of carboxylic acid groups (broad SMARTS) is 1. The third-order valence-corrected chi connectivity index (χ3v) is 6.04. The van der Waals surface area contributed by atoms with Crippen molar-refractivity contribution in [2.45, 2.75) is 17.2 Å². The molecule has 0 radical (unpaired) electrons. The van der Waals surface area contributed by atoms with Gasteiger partial charge in [0.25, 0.3) is 0 Å². The number of aryl methyl sites for hydroxylation is 1. The Balaban J connectivity index is 0.00000210. The average molecular weight is 503 g/mol. The number of aromatic carboxylic acids is 1. The van der Waals surface area contributed by atoms with Crippen molar-refractivity contribution in [1.82, 2.24) is 9.47 Å². The summed E-state index contributed by atoms with van der Waals surface area (Å²) < 4.78 is 2.34. The molecule has 2 aromatic carbocycles. The van der Waals surface area contributed by atoms with Crippen LogP contribution in [0.3, 0.4) is 0 Å². The molecule has 1 aromatic heterocycles. The van der Waals surface area contributed by atoms with Gasteiger partial charge in [-0.3, -0.25) is 0 Å². The number of carbonyl (C=O) groups is 1. The van der Waals surface area contributed by atoms with Crippen LogP contribution in [-0.4, -0.2) is 40.1 Å². The molecule has 9 heteroatoms. The summed E-state index contributed by atoms with van der Waals surface area (Å²) in [6.45, 7) is 0.379. The van der Waals surface area contributed by atoms with E-state index in [4.69, 9.17) is 0 Å². The number of aromatic nitrogens is 1. The van der Waals surface area contributed by atoms with Crippen LogP contribution in [0.2, 0.25) is 0 Å². The second-order valence-electron chi connectivity index (χ2n) is 6.59. The summed E-state index contributed by atoms with van der Waals surface area (Å²) in [5.41, 5.74) is 2.17. The van der Waals surface area contributed by atoms with Crippen molar-refractivity contribution in [3.63, 3.8) is 0 Å². The molecule has 0 unspecified atom stereocenters. The molecule has 0 saturated carbocycles. The van der Waals surface area contributed by atoms with E-state index in [1.165, 1.54) is 0 Å². The van der Waals surface area contributed by atoms with Gasteiger partial charge in [0, 0.05) is 39.8 Å². The van der Waals surface area contributed by atoms with E-state index in [1.54, 1.807) is 17.8 Å². The SMILES string of the molecule is CN(C)Cc1c([O-])c(Br)cc2c1c(C(=O)O)c(CSc1ccccc1)n2C.Cl.O. The molecule has 0 spiro atoms. The van der Waals surface area contributed by atoms with Crippen LogP contribution >= 0.6 is 40.1 Å². The highest BCUT2D eigenvalue weighted by molar-refractivity contribution is 9.10. The van der Waals surface area contributed by atoms with Crippen LogP contribution in [-0.2, 0) is 19.3 Å². The van der Waals surface area contributed by atoms with Gasteiger partial charge in [0.15, 0.2) is 0 Å². The topological polar surface area (TPSA) is 100 Å². The Labute approximate surface area is 188 Å². The lowest BCUT2D eigenvalue weighted by atomic mass is 10.0. The summed E-state index contributed by atoms with van der Waals surface area (Å²) in [4.78, 5) is 15.1. The fraction of sp³-hybridized carbons (Fsp3) is 0.250. The molecule has 0 saturated heterocycles. The van der Waals surface area contributed by atoms with E-state index in [0.29, 0.717) is 33.4 Å². The highest BCUT2D eigenvalue weighted by Crippen LogP contribution is 2.39. The predicted molar refractivity (Wildman–Crippen MR) is 121 cm³/mol. The summed E-state index contributed by atoms with van der Waals surface area (Å²) >= 11 is 4.92. The zero-order valence-corrected chi connectivity index (χ0v) is 19.4. The van der Waals surface area contributed by atoms with Crippen molar-refractivity contribution in [1.29, 1.82) is 0 Å². The predicted octanol–water partition coefficient (Wildman–Crippen LogP) is 3.66. The summed E-state index contributed by atoms with van der Waals surface area (Å²) in [6.07, 6.45) is 0. The number of rotatable bonds is 6. The summed E-state index contributed by atoms with van der Waals surface area (Å²) in [5, 5.41) is 23.2. The third kappa shape index (κ3) is 5.07. The van der Waals surface area contributed by atoms with Gasteiger partial charge in [-0.25, -0.2) is 4.79 Å². The van der Waals surface area contributed by atoms with Crippen LogP contribution in [0.25, 0.3) is 10.9 Å². The molecule has 29 heavy (non-hydrogen) atoms. The molecule has 0 bridgehead atoms. The minimum Gasteiger partial charge on any atom is -0.871 e. The maximum absolute atomic E-state index is 12.7. The minimum absolute atomic E-state index is 0. The number of hydrogen-bond acceptors (Lipinski definition) is 4. The van der Waals surface area contributed by atoms with Gasteiger partial charge in [-0.15, -0.1) is 24.2 Å². The smallest absolute Gasteiger partial charge is 0.338 e. The normalized spacial score (nSPS) is 10.7. The Morgan fingerprint density at radius 1 is 1.28 bits per heavy atom. The van der Waals surface area contributed by atoms with E-state index in [0.717, 1.165) is 10.4 Å². The van der Waals surface area contributed by atoms with Gasteiger partial charge >= 0.3 is 5.97 Å². The fourth-order valence-electron chi connectivity index (χ4n) is 3.21. The average Bonchev–Trinajstić information content (AvgIpc) is 2.90. The first-order chi connectivity index (χ1) is 12.8. The van der Waals surface area contributed by atoms with Crippen molar-refractivity contribution in [3.05, 3.63) is 57.7 Å². The lowest BCUT2D eigenvalue weighted by Gasteiger charge is -2.21. The Morgan fingerprint density at radius 2 is 1.90 bits per heavy atom. The molecule has 3 rings (SSSR count). The molecule has 158 valence electrons. The molecule has 0 atom stereocenters. The fourth-order valence-corrected chi connectivity index (χ4v) is 4.65. The molecule has 0 aliphatic rings. The number of thioether (sulfide) groups is 1. The highest BCUT2D eigenvalue weighted by Gasteiger charge is 2.24. The zero-order chi connectivity index (χ0) is 19.7. The number of nitrogens with zero attached hydrogens (tertiary/aromatic N) is 2. The van der Waals surface area contributed by atoms with Crippen LogP contribution in [0.5, 0.6) is 5.75 Å². The van der Waals surface area contributed by atoms with Gasteiger partial charge in [0.2, 0.25) is 0 Å². The molecule has 0 aliphatic heterocycles. The second-order valence-corrected chi connectivity index (χ2v) is 8.49. The molecule has 1 heterocycles. The first-order valence-corrected chi connectivity index (χ1v) is 10.1. The first kappa shape index (κ1) is 25.3. The summed E-state index contributed by atoms with van der Waals surface area (Å²) in [6, 6.07) is 11.6. The zero-order valence-electron chi connectivity index (χ0n) is 16.2. The van der Waals surface area contributed by atoms with E-state index in [1.807, 2.05) is 60.9 Å². The van der Waals surface area contributed by atoms with Gasteiger partial charge in [0.05, 0.1) is 11.1 Å². The van der Waals surface area contributed by atoms with E-state index in [-0.39, 0.29) is 29.2 Å². The Bertz CT molecular complexity index is 1010. The van der Waals surface area contributed by atoms with Crippen LogP contribution in [0.4, 0.5) is 0 Å². The quantitative estimate of drug-likeness (QED) is 0.519. The lowest BCUT2D eigenvalue weighted by Crippen LogP contribution is -2.14. The standard InChI is InChI=1S/C20H21BrN2O3S.ClH.H2O/c1-22(2)10-13-17-15(9-14(21)19(13)24)23(3)16(18(17)20(25)26)11-27-12-7-5-4-6-8-12;;/h4-9,24H,10-11H2,1-3H3,(H,25,26);1H;1H2/p-1. The Morgan fingerprint density at radius 3 is 2.45 bits per heavy atom. The third-order valence-electron chi connectivity index (χ3n) is 4.42. The molecule has 3 N–H and O–H groups in total. The Kier molecular flexibility index (Phi) is 9.05. The van der Waals surface area contributed by atoms with Crippen LogP contribution in [0, 0.1) is 0 Å². The molecule has 0 amide bonds. The van der Waals surface area contributed by atoms with Gasteiger partial charge < -0.3 is 25.2 Å². The van der Waals surface area contributed by atoms with Gasteiger partial charge in [-0.1, -0.05) is 39.9 Å². The molecule has 0 fully saturated rings. The number of carboxylic acids is 1. The number of fused-ring (bicyclic) bond motifs is 1. The lowest BCUT2D eigenvalue weighted by molar-refractivity contribution is -0.270. The van der Waals surface area contributed by atoms with Crippen molar-refractivity contribution < 1.29 is 20.5 Å². The molecule has 0 aliphatic carbocycles. The van der Waals surface area contributed by atoms with Crippen molar-refractivity contribution in [3.8, 4) is 5.75 Å². The van der Waals surface area contributed by atoms with E-state index < -0.39 is 5.97 Å². The van der Waals surface area contributed by atoms with Crippen molar-refractivity contribution >= 4 is 57.0 Å². The van der Waals surface area contributed by atoms with Crippen molar-refractivity contribution in [2.24, 2.45) is 7.05 Å². The largest absolute Gasteiger partial charge is 0.871 e. The number of hydrogen-bond donors (Lipinski definition) is 1. The van der Waals surface area contributed by atoms with Gasteiger partial charge in [0.1, 0.15) is 0 Å². The second kappa shape index (κ2) is 10.4. The minimum atomic E-state index is -1.01.